The maximum atomic E-state index is 12.3. The summed E-state index contributed by atoms with van der Waals surface area (Å²) in [7, 11) is -3.83. The van der Waals surface area contributed by atoms with E-state index in [2.05, 4.69) is 32.6 Å². The van der Waals surface area contributed by atoms with Crippen LogP contribution < -0.4 is 10.0 Å². The molecule has 2 amide bonds. The van der Waals surface area contributed by atoms with Gasteiger partial charge in [0.1, 0.15) is 0 Å². The van der Waals surface area contributed by atoms with Gasteiger partial charge in [-0.2, -0.15) is 0 Å². The second-order valence-corrected chi connectivity index (χ2v) is 7.53. The normalized spacial score (nSPS) is 13.7. The van der Waals surface area contributed by atoms with E-state index in [0.717, 1.165) is 3.57 Å². The molecule has 0 radical (unpaired) electrons. The summed E-state index contributed by atoms with van der Waals surface area (Å²) in [5.41, 5.74) is 0.662. The molecule has 0 saturated carbocycles. The molecule has 0 spiro atoms. The molecule has 0 bridgehead atoms. The molecule has 6 nitrogen and oxygen atoms in total. The van der Waals surface area contributed by atoms with Crippen molar-refractivity contribution < 1.29 is 18.0 Å². The number of rotatable bonds is 3. The molecule has 0 unspecified atom stereocenters. The Morgan fingerprint density at radius 1 is 0.909 bits per heavy atom. The van der Waals surface area contributed by atoms with Crippen LogP contribution in [0.4, 0.5) is 5.69 Å². The van der Waals surface area contributed by atoms with Crippen molar-refractivity contribution in [1.82, 2.24) is 5.32 Å². The van der Waals surface area contributed by atoms with Gasteiger partial charge in [0.05, 0.1) is 16.0 Å². The van der Waals surface area contributed by atoms with Gasteiger partial charge >= 0.3 is 0 Å². The molecular weight excluding hydrogens is 419 g/mol. The summed E-state index contributed by atoms with van der Waals surface area (Å²) in [6, 6.07) is 10.7. The smallest absolute Gasteiger partial charge is 0.261 e. The number of hydrogen-bond donors (Lipinski definition) is 2. The highest BCUT2D eigenvalue weighted by Crippen LogP contribution is 2.22. The zero-order chi connectivity index (χ0) is 15.9. The fourth-order valence-corrected chi connectivity index (χ4v) is 3.49. The van der Waals surface area contributed by atoms with Crippen molar-refractivity contribution in [3.8, 4) is 0 Å². The third-order valence-corrected chi connectivity index (χ3v) is 5.21. The van der Waals surface area contributed by atoms with Crippen molar-refractivity contribution in [2.45, 2.75) is 4.90 Å². The number of hydrogen-bond acceptors (Lipinski definition) is 4. The molecule has 2 N–H and O–H groups in total. The zero-order valence-corrected chi connectivity index (χ0v) is 13.9. The van der Waals surface area contributed by atoms with Gasteiger partial charge in [0.25, 0.3) is 21.8 Å². The van der Waals surface area contributed by atoms with Crippen molar-refractivity contribution in [3.63, 3.8) is 0 Å². The highest BCUT2D eigenvalue weighted by Gasteiger charge is 2.28. The summed E-state index contributed by atoms with van der Waals surface area (Å²) in [5, 5.41) is 2.12. The molecule has 3 rings (SSSR count). The van der Waals surface area contributed by atoms with Crippen molar-refractivity contribution in [2.75, 3.05) is 4.72 Å². The number of benzene rings is 2. The van der Waals surface area contributed by atoms with Crippen LogP contribution in [0.5, 0.6) is 0 Å². The van der Waals surface area contributed by atoms with Crippen LogP contribution in [-0.4, -0.2) is 20.2 Å². The monoisotopic (exact) mass is 428 g/mol. The minimum absolute atomic E-state index is 0.0653. The second-order valence-electron chi connectivity index (χ2n) is 4.60. The number of carbonyl (C=O) groups is 2. The van der Waals surface area contributed by atoms with Gasteiger partial charge in [0.2, 0.25) is 0 Å². The van der Waals surface area contributed by atoms with Crippen molar-refractivity contribution in [1.29, 1.82) is 0 Å². The van der Waals surface area contributed by atoms with E-state index in [9.17, 15) is 18.0 Å². The lowest BCUT2D eigenvalue weighted by atomic mass is 10.1. The molecule has 1 aliphatic rings. The van der Waals surface area contributed by atoms with Gasteiger partial charge in [-0.15, -0.1) is 0 Å². The summed E-state index contributed by atoms with van der Waals surface area (Å²) in [6.07, 6.45) is 0. The summed E-state index contributed by atoms with van der Waals surface area (Å²) in [5.74, 6) is -1.11. The fraction of sp³-hybridized carbons (Fsp3) is 0. The molecule has 0 aromatic heterocycles. The molecule has 0 saturated heterocycles. The lowest BCUT2D eigenvalue weighted by Crippen LogP contribution is -2.19. The van der Waals surface area contributed by atoms with Gasteiger partial charge in [-0.25, -0.2) is 8.42 Å². The average Bonchev–Trinajstić information content (AvgIpc) is 2.76. The summed E-state index contributed by atoms with van der Waals surface area (Å²) in [6.45, 7) is 0. The largest absolute Gasteiger partial charge is 0.288 e. The van der Waals surface area contributed by atoms with E-state index in [4.69, 9.17) is 0 Å². The second kappa shape index (κ2) is 5.36. The van der Waals surface area contributed by atoms with Gasteiger partial charge in [0.15, 0.2) is 0 Å². The molecule has 0 atom stereocenters. The lowest BCUT2D eigenvalue weighted by molar-refractivity contribution is 0.0879. The van der Waals surface area contributed by atoms with E-state index in [1.165, 1.54) is 18.2 Å². The van der Waals surface area contributed by atoms with E-state index in [1.807, 2.05) is 0 Å². The van der Waals surface area contributed by atoms with Gasteiger partial charge in [0, 0.05) is 9.26 Å². The van der Waals surface area contributed by atoms with E-state index in [0.29, 0.717) is 5.69 Å². The fourth-order valence-electron chi connectivity index (χ4n) is 2.05. The molecule has 1 heterocycles. The summed E-state index contributed by atoms with van der Waals surface area (Å²) in [4.78, 5) is 23.0. The predicted molar refractivity (Wildman–Crippen MR) is 88.2 cm³/mol. The zero-order valence-electron chi connectivity index (χ0n) is 11.0. The third-order valence-electron chi connectivity index (χ3n) is 3.11. The molecule has 22 heavy (non-hydrogen) atoms. The van der Waals surface area contributed by atoms with Gasteiger partial charge in [-0.1, -0.05) is 0 Å². The van der Waals surface area contributed by atoms with Crippen LogP contribution in [0.1, 0.15) is 20.7 Å². The Morgan fingerprint density at radius 2 is 1.55 bits per heavy atom. The van der Waals surface area contributed by atoms with Crippen LogP contribution in [0, 0.1) is 3.57 Å². The quantitative estimate of drug-likeness (QED) is 0.578. The highest BCUT2D eigenvalue weighted by molar-refractivity contribution is 14.1. The Bertz CT molecular complexity index is 892. The van der Waals surface area contributed by atoms with Gasteiger partial charge in [-0.05, 0) is 65.1 Å². The highest BCUT2D eigenvalue weighted by atomic mass is 127. The molecule has 0 aliphatic carbocycles. The molecule has 1 aliphatic heterocycles. The van der Waals surface area contributed by atoms with E-state index in [1.54, 1.807) is 24.3 Å². The van der Waals surface area contributed by atoms with Crippen LogP contribution in [0.2, 0.25) is 0 Å². The van der Waals surface area contributed by atoms with Crippen molar-refractivity contribution >= 4 is 50.1 Å². The SMILES string of the molecule is O=C1NC(=O)c2cc(S(=O)(=O)Nc3ccc(I)cc3)ccc21. The predicted octanol–water partition coefficient (Wildman–Crippen LogP) is 1.98. The van der Waals surface area contributed by atoms with Crippen LogP contribution in [-0.2, 0) is 10.0 Å². The Hall–Kier alpha value is -1.94. The van der Waals surface area contributed by atoms with E-state index >= 15 is 0 Å². The van der Waals surface area contributed by atoms with Gasteiger partial charge in [-0.3, -0.25) is 19.6 Å². The third kappa shape index (κ3) is 2.71. The summed E-state index contributed by atoms with van der Waals surface area (Å²) >= 11 is 2.12. The maximum Gasteiger partial charge on any atom is 0.261 e. The number of fused-ring (bicyclic) bond motifs is 1. The first kappa shape index (κ1) is 15.0. The Labute approximate surface area is 140 Å². The number of nitrogens with one attached hydrogen (secondary N) is 2. The molecule has 0 fully saturated rings. The molecule has 8 heteroatoms. The van der Waals surface area contributed by atoms with Gasteiger partial charge < -0.3 is 0 Å². The number of sulfonamides is 1. The Balaban J connectivity index is 1.96. The molecule has 112 valence electrons. The van der Waals surface area contributed by atoms with Crippen LogP contribution in [0.3, 0.4) is 0 Å². The summed E-state index contributed by atoms with van der Waals surface area (Å²) < 4.78 is 28.1. The molecular formula is C14H9IN2O4S. The minimum atomic E-state index is -3.83. The topological polar surface area (TPSA) is 92.3 Å². The lowest BCUT2D eigenvalue weighted by Gasteiger charge is -2.08. The van der Waals surface area contributed by atoms with Crippen molar-refractivity contribution in [2.24, 2.45) is 0 Å². The Morgan fingerprint density at radius 3 is 2.23 bits per heavy atom. The Kier molecular flexibility index (Phi) is 3.65. The minimum Gasteiger partial charge on any atom is -0.288 e. The number of anilines is 1. The van der Waals surface area contributed by atoms with Crippen LogP contribution in [0.25, 0.3) is 0 Å². The number of carbonyl (C=O) groups excluding carboxylic acids is 2. The number of amides is 2. The standard InChI is InChI=1S/C14H9IN2O4S/c15-8-1-3-9(4-2-8)17-22(20,21)10-5-6-11-12(7-10)14(19)16-13(11)18/h1-7,17H,(H,16,18,19). The molecule has 2 aromatic rings. The number of halogens is 1. The van der Waals surface area contributed by atoms with E-state index < -0.39 is 21.8 Å². The van der Waals surface area contributed by atoms with Crippen molar-refractivity contribution in [3.05, 3.63) is 57.2 Å². The maximum absolute atomic E-state index is 12.3. The first-order valence-electron chi connectivity index (χ1n) is 6.15. The van der Waals surface area contributed by atoms with Crippen LogP contribution in [0.15, 0.2) is 47.4 Å². The number of imide groups is 1. The van der Waals surface area contributed by atoms with Crippen LogP contribution >= 0.6 is 22.6 Å². The first-order chi connectivity index (χ1) is 10.4. The van der Waals surface area contributed by atoms with E-state index in [-0.39, 0.29) is 16.0 Å². The molecule has 2 aromatic carbocycles. The first-order valence-corrected chi connectivity index (χ1v) is 8.71. The average molecular weight is 428 g/mol.